The molecular formula is C73H142N2O30S. The lowest BCUT2D eigenvalue weighted by atomic mass is 9.69. The van der Waals surface area contributed by atoms with Crippen LogP contribution in [-0.2, 0) is 142 Å². The van der Waals surface area contributed by atoms with E-state index in [-0.39, 0.29) is 51.1 Å². The van der Waals surface area contributed by atoms with E-state index in [9.17, 15) is 19.2 Å². The maximum absolute atomic E-state index is 13.9. The van der Waals surface area contributed by atoms with Gasteiger partial charge in [0.1, 0.15) is 13.2 Å². The van der Waals surface area contributed by atoms with E-state index in [1.807, 2.05) is 25.9 Å². The molecule has 0 saturated carbocycles. The third kappa shape index (κ3) is 69.2. The minimum absolute atomic E-state index is 0.0169. The number of amides is 1. The van der Waals surface area contributed by atoms with E-state index in [0.717, 1.165) is 13.0 Å². The number of hydrogen-bond donors (Lipinski definition) is 1. The van der Waals surface area contributed by atoms with Crippen LogP contribution in [0.3, 0.4) is 0 Å². The Hall–Kier alpha value is -2.73. The summed E-state index contributed by atoms with van der Waals surface area (Å²) in [7, 11) is 6.95. The predicted molar refractivity (Wildman–Crippen MR) is 396 cm³/mol. The van der Waals surface area contributed by atoms with E-state index >= 15 is 0 Å². The molecule has 0 spiro atoms. The van der Waals surface area contributed by atoms with E-state index in [0.29, 0.717) is 309 Å². The van der Waals surface area contributed by atoms with Crippen molar-refractivity contribution < 1.29 is 142 Å². The van der Waals surface area contributed by atoms with Gasteiger partial charge in [-0.2, -0.15) is 11.8 Å². The summed E-state index contributed by atoms with van der Waals surface area (Å²) in [4.78, 5) is 54.8. The third-order valence-electron chi connectivity index (χ3n) is 14.9. The molecular weight excluding hydrogens is 1420 g/mol. The SMILES string of the molecule is CCC(CC(C)(CC(C)(C)C(=O)OCCSCC(C)(C)C(=O)OC)C(=O)OCCOCCOCCOCCOCCOCCOCCOCCOCCOCCOCCOCCOCCOCCOCCOCCOCCOCCOCCOCCOCCOCCOCCOC)C(=O)NCCCN(C)C. The Kier molecular flexibility index (Phi) is 75.6. The molecule has 0 aromatic heterocycles. The van der Waals surface area contributed by atoms with Gasteiger partial charge in [-0.25, -0.2) is 0 Å². The second-order valence-corrected chi connectivity index (χ2v) is 26.6. The molecule has 0 saturated heterocycles. The summed E-state index contributed by atoms with van der Waals surface area (Å²) >= 11 is 1.48. The van der Waals surface area contributed by atoms with Gasteiger partial charge < -0.3 is 133 Å². The van der Waals surface area contributed by atoms with Crippen LogP contribution in [0.5, 0.6) is 0 Å². The molecule has 0 heterocycles. The number of esters is 3. The Bertz CT molecular complexity index is 1930. The molecule has 0 rings (SSSR count). The van der Waals surface area contributed by atoms with Gasteiger partial charge in [-0.15, -0.1) is 0 Å². The summed E-state index contributed by atoms with van der Waals surface area (Å²) in [6, 6.07) is 0. The Labute approximate surface area is 638 Å². The van der Waals surface area contributed by atoms with Crippen LogP contribution in [-0.4, -0.2) is 392 Å². The fourth-order valence-corrected chi connectivity index (χ4v) is 10.2. The minimum Gasteiger partial charge on any atom is -0.469 e. The van der Waals surface area contributed by atoms with Gasteiger partial charge in [0.05, 0.1) is 321 Å². The molecule has 1 amide bonds. The quantitative estimate of drug-likeness (QED) is 0.0512. The Morgan fingerprint density at radius 3 is 0.840 bits per heavy atom. The van der Waals surface area contributed by atoms with Gasteiger partial charge in [0.15, 0.2) is 0 Å². The van der Waals surface area contributed by atoms with Crippen molar-refractivity contribution >= 4 is 35.6 Å². The Morgan fingerprint density at radius 1 is 0.340 bits per heavy atom. The van der Waals surface area contributed by atoms with Crippen molar-refractivity contribution in [3.05, 3.63) is 0 Å². The maximum Gasteiger partial charge on any atom is 0.312 e. The van der Waals surface area contributed by atoms with Gasteiger partial charge >= 0.3 is 17.9 Å². The summed E-state index contributed by atoms with van der Waals surface area (Å²) in [5.41, 5.74) is -2.96. The van der Waals surface area contributed by atoms with Crippen molar-refractivity contribution in [2.75, 3.05) is 363 Å². The fourth-order valence-electron chi connectivity index (χ4n) is 9.27. The Morgan fingerprint density at radius 2 is 0.594 bits per heavy atom. The maximum atomic E-state index is 13.9. The number of carbonyl (C=O) groups excluding carboxylic acids is 4. The van der Waals surface area contributed by atoms with E-state index in [2.05, 4.69) is 5.32 Å². The van der Waals surface area contributed by atoms with Crippen LogP contribution in [0.2, 0.25) is 0 Å². The molecule has 0 radical (unpaired) electrons. The van der Waals surface area contributed by atoms with Crippen LogP contribution in [0.4, 0.5) is 0 Å². The zero-order valence-electron chi connectivity index (χ0n) is 66.6. The van der Waals surface area contributed by atoms with Crippen molar-refractivity contribution in [1.82, 2.24) is 10.2 Å². The lowest BCUT2D eigenvalue weighted by Crippen LogP contribution is -2.43. The van der Waals surface area contributed by atoms with Crippen LogP contribution in [0.15, 0.2) is 0 Å². The molecule has 0 bridgehead atoms. The summed E-state index contributed by atoms with van der Waals surface area (Å²) in [5, 5.41) is 3.02. The van der Waals surface area contributed by atoms with Crippen LogP contribution >= 0.6 is 11.8 Å². The number of methoxy groups -OCH3 is 2. The zero-order chi connectivity index (χ0) is 77.7. The van der Waals surface area contributed by atoms with Crippen LogP contribution in [0.1, 0.15) is 67.2 Å². The molecule has 106 heavy (non-hydrogen) atoms. The van der Waals surface area contributed by atoms with Crippen molar-refractivity contribution in [3.8, 4) is 0 Å². The van der Waals surface area contributed by atoms with Crippen molar-refractivity contribution in [3.63, 3.8) is 0 Å². The lowest BCUT2D eigenvalue weighted by molar-refractivity contribution is -0.165. The molecule has 2 atom stereocenters. The predicted octanol–water partition coefficient (Wildman–Crippen LogP) is 3.92. The number of nitrogens with zero attached hydrogens (tertiary/aromatic N) is 1. The molecule has 2 unspecified atom stereocenters. The highest BCUT2D eigenvalue weighted by atomic mass is 32.2. The highest BCUT2D eigenvalue weighted by molar-refractivity contribution is 7.99. The Balaban J connectivity index is 3.62. The van der Waals surface area contributed by atoms with Crippen LogP contribution < -0.4 is 5.32 Å². The molecule has 33 heteroatoms. The number of carbonyl (C=O) groups is 4. The van der Waals surface area contributed by atoms with E-state index < -0.39 is 34.1 Å². The highest BCUT2D eigenvalue weighted by Gasteiger charge is 2.46. The first kappa shape index (κ1) is 103. The lowest BCUT2D eigenvalue weighted by Gasteiger charge is -2.36. The van der Waals surface area contributed by atoms with Crippen molar-refractivity contribution in [1.29, 1.82) is 0 Å². The first-order valence-corrected chi connectivity index (χ1v) is 38.8. The summed E-state index contributed by atoms with van der Waals surface area (Å²) in [6.45, 7) is 32.9. The minimum atomic E-state index is -1.20. The van der Waals surface area contributed by atoms with Crippen LogP contribution in [0.25, 0.3) is 0 Å². The van der Waals surface area contributed by atoms with Gasteiger partial charge in [-0.1, -0.05) is 6.92 Å². The summed E-state index contributed by atoms with van der Waals surface area (Å²) in [6.07, 6.45) is 1.55. The van der Waals surface area contributed by atoms with Gasteiger partial charge in [-0.05, 0) is 80.9 Å². The normalized spacial score (nSPS) is 12.9. The first-order chi connectivity index (χ1) is 51.6. The van der Waals surface area contributed by atoms with E-state index in [1.54, 1.807) is 41.7 Å². The van der Waals surface area contributed by atoms with Gasteiger partial charge in [-0.3, -0.25) is 19.2 Å². The number of thioether (sulfide) groups is 1. The van der Waals surface area contributed by atoms with Crippen LogP contribution in [0, 0.1) is 22.2 Å². The zero-order valence-corrected chi connectivity index (χ0v) is 67.4. The summed E-state index contributed by atoms with van der Waals surface area (Å²) < 4.78 is 143. The van der Waals surface area contributed by atoms with Crippen molar-refractivity contribution in [2.24, 2.45) is 22.2 Å². The van der Waals surface area contributed by atoms with Gasteiger partial charge in [0.2, 0.25) is 5.91 Å². The fraction of sp³-hybridized carbons (Fsp3) is 0.945. The van der Waals surface area contributed by atoms with Gasteiger partial charge in [0, 0.05) is 31.1 Å². The van der Waals surface area contributed by atoms with Crippen molar-refractivity contribution in [2.45, 2.75) is 67.2 Å². The largest absolute Gasteiger partial charge is 0.469 e. The molecule has 0 aliphatic heterocycles. The van der Waals surface area contributed by atoms with Gasteiger partial charge in [0.25, 0.3) is 0 Å². The first-order valence-electron chi connectivity index (χ1n) is 37.7. The second kappa shape index (κ2) is 77.6. The monoisotopic (exact) mass is 1560 g/mol. The molecule has 0 aromatic rings. The molecule has 630 valence electrons. The number of rotatable bonds is 87. The summed E-state index contributed by atoms with van der Waals surface area (Å²) in [5.74, 6) is -0.953. The third-order valence-corrected chi connectivity index (χ3v) is 16.3. The molecule has 0 aliphatic rings. The topological polar surface area (TPSA) is 324 Å². The highest BCUT2D eigenvalue weighted by Crippen LogP contribution is 2.41. The average molecular weight is 1560 g/mol. The number of ether oxygens (including phenoxy) is 26. The standard InChI is InChI=1S/C73H142N2O30S/c1-11-66(67(76)74-13-12-14-75(7)8)63-73(6,64-71(2,3)69(78)105-61-62-106-65-72(4,5)68(77)81-10)70(79)104-60-59-103-58-57-102-56-55-101-54-53-100-52-51-99-50-49-98-48-47-97-46-45-96-44-43-95-42-41-94-40-39-93-38-37-92-36-35-91-34-33-90-32-31-89-30-29-88-28-27-87-26-25-86-24-23-85-22-21-84-20-19-83-18-17-82-16-15-80-9/h66H,11-65H2,1-10H3,(H,74,76). The molecule has 32 nitrogen and oxygen atoms in total. The number of nitrogens with one attached hydrogen (secondary N) is 1. The molecule has 0 fully saturated rings. The van der Waals surface area contributed by atoms with E-state index in [1.165, 1.54) is 18.9 Å². The molecule has 1 N–H and O–H groups in total. The molecule has 0 aliphatic carbocycles. The molecule has 0 aromatic carbocycles. The number of hydrogen-bond acceptors (Lipinski definition) is 32. The van der Waals surface area contributed by atoms with E-state index in [4.69, 9.17) is 123 Å². The second-order valence-electron chi connectivity index (χ2n) is 25.5. The average Bonchev–Trinajstić information content (AvgIpc) is 0.804. The smallest absolute Gasteiger partial charge is 0.312 e.